The molecule has 2 aromatic rings. The van der Waals surface area contributed by atoms with Crippen LogP contribution in [0.1, 0.15) is 17.2 Å². The maximum Gasteiger partial charge on any atom is 0.241 e. The maximum atomic E-state index is 12.4. The van der Waals surface area contributed by atoms with Gasteiger partial charge in [-0.1, -0.05) is 59.9 Å². The molecular formula is C17H17NO3S. The predicted octanol–water partition coefficient (Wildman–Crippen LogP) is 2.01. The lowest BCUT2D eigenvalue weighted by Crippen LogP contribution is -2.28. The predicted molar refractivity (Wildman–Crippen MR) is 85.5 cm³/mol. The van der Waals surface area contributed by atoms with E-state index in [4.69, 9.17) is 5.11 Å². The molecule has 0 aromatic heterocycles. The van der Waals surface area contributed by atoms with Crippen molar-refractivity contribution in [3.05, 3.63) is 65.7 Å². The molecule has 1 atom stereocenters. The normalized spacial score (nSPS) is 12.3. The first-order valence-electron chi connectivity index (χ1n) is 6.76. The van der Waals surface area contributed by atoms with Crippen molar-refractivity contribution in [1.82, 2.24) is 4.72 Å². The third kappa shape index (κ3) is 4.18. The average Bonchev–Trinajstić information content (AvgIpc) is 2.52. The van der Waals surface area contributed by atoms with Crippen molar-refractivity contribution in [3.63, 3.8) is 0 Å². The number of aliphatic hydroxyl groups excluding tert-OH is 1. The lowest BCUT2D eigenvalue weighted by molar-refractivity contribution is 0.350. The Morgan fingerprint density at radius 1 is 1.09 bits per heavy atom. The number of hydrogen-bond donors (Lipinski definition) is 2. The summed E-state index contributed by atoms with van der Waals surface area (Å²) >= 11 is 0. The Balaban J connectivity index is 2.32. The van der Waals surface area contributed by atoms with Crippen molar-refractivity contribution < 1.29 is 13.5 Å². The van der Waals surface area contributed by atoms with Crippen molar-refractivity contribution in [1.29, 1.82) is 0 Å². The summed E-state index contributed by atoms with van der Waals surface area (Å²) < 4.78 is 27.5. The zero-order chi connectivity index (χ0) is 16.0. The van der Waals surface area contributed by atoms with Gasteiger partial charge in [0.05, 0.1) is 4.90 Å². The minimum absolute atomic E-state index is 0.185. The summed E-state index contributed by atoms with van der Waals surface area (Å²) in [5.74, 6) is 5.24. The summed E-state index contributed by atoms with van der Waals surface area (Å²) in [6.45, 7) is 1.57. The van der Waals surface area contributed by atoms with Crippen LogP contribution in [0.2, 0.25) is 0 Å². The van der Waals surface area contributed by atoms with Gasteiger partial charge >= 0.3 is 0 Å². The molecule has 4 nitrogen and oxygen atoms in total. The highest BCUT2D eigenvalue weighted by molar-refractivity contribution is 7.89. The van der Waals surface area contributed by atoms with Gasteiger partial charge in [-0.05, 0) is 24.6 Å². The molecule has 0 radical (unpaired) electrons. The van der Waals surface area contributed by atoms with Gasteiger partial charge in [-0.3, -0.25) is 0 Å². The van der Waals surface area contributed by atoms with E-state index >= 15 is 0 Å². The number of nitrogens with one attached hydrogen (secondary N) is 1. The molecule has 0 aliphatic heterocycles. The lowest BCUT2D eigenvalue weighted by Gasteiger charge is -2.14. The molecule has 0 saturated heterocycles. The van der Waals surface area contributed by atoms with Crippen LogP contribution in [0.5, 0.6) is 0 Å². The molecule has 1 unspecified atom stereocenters. The molecule has 0 amide bonds. The minimum Gasteiger partial charge on any atom is -0.384 e. The van der Waals surface area contributed by atoms with Crippen LogP contribution in [0.3, 0.4) is 0 Å². The fourth-order valence-corrected chi connectivity index (χ4v) is 3.05. The van der Waals surface area contributed by atoms with Gasteiger partial charge in [0, 0.05) is 0 Å². The van der Waals surface area contributed by atoms with Gasteiger partial charge in [-0.15, -0.1) is 0 Å². The van der Waals surface area contributed by atoms with Crippen LogP contribution in [0.25, 0.3) is 0 Å². The van der Waals surface area contributed by atoms with Gasteiger partial charge in [0.15, 0.2) is 0 Å². The lowest BCUT2D eigenvalue weighted by atomic mass is 10.1. The van der Waals surface area contributed by atoms with Crippen LogP contribution in [0.15, 0.2) is 59.5 Å². The number of benzene rings is 2. The van der Waals surface area contributed by atoms with Crippen molar-refractivity contribution in [2.45, 2.75) is 17.9 Å². The van der Waals surface area contributed by atoms with Gasteiger partial charge in [-0.25, -0.2) is 8.42 Å². The molecule has 0 fully saturated rings. The molecule has 2 N–H and O–H groups in total. The Morgan fingerprint density at radius 2 is 1.73 bits per heavy atom. The smallest absolute Gasteiger partial charge is 0.241 e. The molecule has 0 aliphatic carbocycles. The van der Waals surface area contributed by atoms with E-state index in [0.717, 1.165) is 11.1 Å². The second-order valence-corrected chi connectivity index (χ2v) is 6.47. The van der Waals surface area contributed by atoms with Crippen LogP contribution in [-0.4, -0.2) is 20.1 Å². The summed E-state index contributed by atoms with van der Waals surface area (Å²) in [5.41, 5.74) is 1.71. The number of aliphatic hydroxyl groups is 1. The highest BCUT2D eigenvalue weighted by Crippen LogP contribution is 2.17. The van der Waals surface area contributed by atoms with Crippen molar-refractivity contribution >= 4 is 10.0 Å². The zero-order valence-corrected chi connectivity index (χ0v) is 13.0. The monoisotopic (exact) mass is 315 g/mol. The Hall–Kier alpha value is -2.13. The first-order valence-corrected chi connectivity index (χ1v) is 8.24. The standard InChI is InChI=1S/C17H17NO3S/c1-14-9-11-16(12-10-14)22(20,21)18-17(8-5-13-19)15-6-3-2-4-7-15/h2-4,6-7,9-12,17-19H,13H2,1H3. The zero-order valence-electron chi connectivity index (χ0n) is 12.2. The summed E-state index contributed by atoms with van der Waals surface area (Å²) in [5, 5.41) is 8.86. The van der Waals surface area contributed by atoms with Crippen molar-refractivity contribution in [3.8, 4) is 11.8 Å². The third-order valence-corrected chi connectivity index (χ3v) is 4.50. The average molecular weight is 315 g/mol. The summed E-state index contributed by atoms with van der Waals surface area (Å²) in [6, 6.07) is 14.9. The van der Waals surface area contributed by atoms with Crippen molar-refractivity contribution in [2.75, 3.05) is 6.61 Å². The number of rotatable bonds is 4. The highest BCUT2D eigenvalue weighted by Gasteiger charge is 2.19. The van der Waals surface area contributed by atoms with Gasteiger partial charge in [0.2, 0.25) is 10.0 Å². The molecule has 2 rings (SSSR count). The molecule has 0 heterocycles. The fourth-order valence-electron chi connectivity index (χ4n) is 1.91. The first-order chi connectivity index (χ1) is 10.5. The van der Waals surface area contributed by atoms with Crippen LogP contribution in [0.4, 0.5) is 0 Å². The Bertz CT molecular complexity index is 772. The molecule has 22 heavy (non-hydrogen) atoms. The second-order valence-electron chi connectivity index (χ2n) is 4.76. The van der Waals surface area contributed by atoms with E-state index in [0.29, 0.717) is 0 Å². The maximum absolute atomic E-state index is 12.4. The Labute approximate surface area is 130 Å². The Morgan fingerprint density at radius 3 is 2.32 bits per heavy atom. The molecule has 0 saturated carbocycles. The first kappa shape index (κ1) is 16.2. The number of aryl methyl sites for hydroxylation is 1. The van der Waals surface area contributed by atoms with E-state index in [1.165, 1.54) is 0 Å². The van der Waals surface area contributed by atoms with E-state index in [1.54, 1.807) is 36.4 Å². The molecule has 0 bridgehead atoms. The third-order valence-electron chi connectivity index (χ3n) is 3.06. The summed E-state index contributed by atoms with van der Waals surface area (Å²) in [7, 11) is -3.69. The van der Waals surface area contributed by atoms with Crippen molar-refractivity contribution in [2.24, 2.45) is 0 Å². The van der Waals surface area contributed by atoms with E-state index in [1.807, 2.05) is 25.1 Å². The molecule has 114 valence electrons. The van der Waals surface area contributed by atoms with Crippen LogP contribution in [-0.2, 0) is 10.0 Å². The number of sulfonamides is 1. The molecular weight excluding hydrogens is 298 g/mol. The van der Waals surface area contributed by atoms with E-state index < -0.39 is 16.1 Å². The van der Waals surface area contributed by atoms with E-state index in [9.17, 15) is 8.42 Å². The minimum atomic E-state index is -3.69. The summed E-state index contributed by atoms with van der Waals surface area (Å²) in [6.07, 6.45) is 0. The quantitative estimate of drug-likeness (QED) is 0.848. The van der Waals surface area contributed by atoms with Gasteiger partial charge in [-0.2, -0.15) is 4.72 Å². The fraction of sp³-hybridized carbons (Fsp3) is 0.176. The molecule has 0 spiro atoms. The van der Waals surface area contributed by atoms with Crippen LogP contribution < -0.4 is 4.72 Å². The van der Waals surface area contributed by atoms with Gasteiger partial charge < -0.3 is 5.11 Å². The SMILES string of the molecule is Cc1ccc(S(=O)(=O)NC(C#CCO)c2ccccc2)cc1. The summed E-state index contributed by atoms with van der Waals surface area (Å²) in [4.78, 5) is 0.185. The molecule has 5 heteroatoms. The van der Waals surface area contributed by atoms with Gasteiger partial charge in [0.25, 0.3) is 0 Å². The highest BCUT2D eigenvalue weighted by atomic mass is 32.2. The number of hydrogen-bond acceptors (Lipinski definition) is 3. The second kappa shape index (κ2) is 7.23. The van der Waals surface area contributed by atoms with Crippen LogP contribution >= 0.6 is 0 Å². The Kier molecular flexibility index (Phi) is 5.34. The molecule has 2 aromatic carbocycles. The largest absolute Gasteiger partial charge is 0.384 e. The topological polar surface area (TPSA) is 66.4 Å². The van der Waals surface area contributed by atoms with E-state index in [-0.39, 0.29) is 11.5 Å². The van der Waals surface area contributed by atoms with Gasteiger partial charge in [0.1, 0.15) is 12.6 Å². The van der Waals surface area contributed by atoms with E-state index in [2.05, 4.69) is 16.6 Å². The molecule has 0 aliphatic rings. The van der Waals surface area contributed by atoms with Crippen LogP contribution in [0, 0.1) is 18.8 Å².